The molecule has 0 aliphatic rings. The lowest BCUT2D eigenvalue weighted by Crippen LogP contribution is -2.25. The molecule has 1 heterocycles. The number of hydrogen-bond donors (Lipinski definition) is 1. The number of aromatic nitrogens is 2. The van der Waals surface area contributed by atoms with E-state index in [0.717, 1.165) is 10.2 Å². The van der Waals surface area contributed by atoms with E-state index in [9.17, 15) is 9.59 Å². The first-order valence-corrected chi connectivity index (χ1v) is 5.54. The fraction of sp³-hybridized carbons (Fsp3) is 0.154. The van der Waals surface area contributed by atoms with Crippen molar-refractivity contribution >= 4 is 5.97 Å². The molecule has 98 valence electrons. The Bertz CT molecular complexity index is 646. The summed E-state index contributed by atoms with van der Waals surface area (Å²) in [5, 5.41) is 12.7. The largest absolute Gasteiger partial charge is 0.497 e. The van der Waals surface area contributed by atoms with Crippen molar-refractivity contribution < 1.29 is 14.6 Å². The van der Waals surface area contributed by atoms with Crippen LogP contribution in [0.15, 0.2) is 41.2 Å². The monoisotopic (exact) mass is 260 g/mol. The summed E-state index contributed by atoms with van der Waals surface area (Å²) in [6.45, 7) is -0.456. The third-order valence-corrected chi connectivity index (χ3v) is 2.54. The molecule has 0 bridgehead atoms. The zero-order valence-corrected chi connectivity index (χ0v) is 10.2. The maximum Gasteiger partial charge on any atom is 0.325 e. The molecule has 1 aromatic heterocycles. The molecule has 0 spiro atoms. The van der Waals surface area contributed by atoms with Crippen molar-refractivity contribution in [1.29, 1.82) is 0 Å². The Labute approximate surface area is 108 Å². The molecule has 0 aliphatic carbocycles. The average molecular weight is 260 g/mol. The maximum absolute atomic E-state index is 11.5. The van der Waals surface area contributed by atoms with Gasteiger partial charge in [-0.05, 0) is 30.3 Å². The van der Waals surface area contributed by atoms with Crippen LogP contribution in [0.25, 0.3) is 11.3 Å². The number of carboxylic acid groups (broad SMARTS) is 1. The molecule has 1 N–H and O–H groups in total. The number of hydrogen-bond acceptors (Lipinski definition) is 4. The van der Waals surface area contributed by atoms with E-state index in [1.54, 1.807) is 37.4 Å². The first kappa shape index (κ1) is 12.8. The molecule has 0 atom stereocenters. The van der Waals surface area contributed by atoms with Crippen LogP contribution in [0.3, 0.4) is 0 Å². The van der Waals surface area contributed by atoms with E-state index in [4.69, 9.17) is 9.84 Å². The SMILES string of the molecule is COc1ccc(-c2ccc(=O)n(CC(=O)O)n2)cc1. The van der Waals surface area contributed by atoms with Crippen LogP contribution in [0.1, 0.15) is 0 Å². The van der Waals surface area contributed by atoms with Crippen LogP contribution < -0.4 is 10.3 Å². The molecule has 2 aromatic rings. The van der Waals surface area contributed by atoms with Gasteiger partial charge in [-0.2, -0.15) is 5.10 Å². The van der Waals surface area contributed by atoms with Crippen molar-refractivity contribution in [1.82, 2.24) is 9.78 Å². The molecule has 0 unspecified atom stereocenters. The Morgan fingerprint density at radius 1 is 1.26 bits per heavy atom. The predicted molar refractivity (Wildman–Crippen MR) is 68.1 cm³/mol. The number of aliphatic carboxylic acids is 1. The second-order valence-corrected chi connectivity index (χ2v) is 3.84. The smallest absolute Gasteiger partial charge is 0.325 e. The Morgan fingerprint density at radius 3 is 2.53 bits per heavy atom. The Hall–Kier alpha value is -2.63. The van der Waals surface area contributed by atoms with Crippen LogP contribution in [-0.4, -0.2) is 28.0 Å². The van der Waals surface area contributed by atoms with Gasteiger partial charge in [0.15, 0.2) is 0 Å². The third-order valence-electron chi connectivity index (χ3n) is 2.54. The lowest BCUT2D eigenvalue weighted by molar-refractivity contribution is -0.138. The summed E-state index contributed by atoms with van der Waals surface area (Å²) in [6, 6.07) is 9.97. The van der Waals surface area contributed by atoms with Crippen LogP contribution in [0.2, 0.25) is 0 Å². The minimum absolute atomic E-state index is 0.445. The number of carboxylic acids is 1. The summed E-state index contributed by atoms with van der Waals surface area (Å²) >= 11 is 0. The van der Waals surface area contributed by atoms with Gasteiger partial charge in [-0.25, -0.2) is 4.68 Å². The molecule has 0 radical (unpaired) electrons. The normalized spacial score (nSPS) is 10.2. The highest BCUT2D eigenvalue weighted by Gasteiger charge is 2.06. The van der Waals surface area contributed by atoms with E-state index < -0.39 is 18.1 Å². The Balaban J connectivity index is 2.39. The van der Waals surface area contributed by atoms with Crippen LogP contribution in [-0.2, 0) is 11.3 Å². The van der Waals surface area contributed by atoms with Gasteiger partial charge in [0.05, 0.1) is 12.8 Å². The van der Waals surface area contributed by atoms with Gasteiger partial charge in [0.2, 0.25) is 0 Å². The third kappa shape index (κ3) is 2.98. The number of nitrogens with zero attached hydrogens (tertiary/aromatic N) is 2. The molecule has 0 amide bonds. The quantitative estimate of drug-likeness (QED) is 0.887. The van der Waals surface area contributed by atoms with Crippen molar-refractivity contribution in [2.75, 3.05) is 7.11 Å². The predicted octanol–water partition coefficient (Wildman–Crippen LogP) is 1.00. The zero-order valence-electron chi connectivity index (χ0n) is 10.2. The van der Waals surface area contributed by atoms with E-state index in [1.807, 2.05) is 0 Å². The van der Waals surface area contributed by atoms with Gasteiger partial charge < -0.3 is 9.84 Å². The molecule has 2 rings (SSSR count). The molecular weight excluding hydrogens is 248 g/mol. The molecule has 6 heteroatoms. The highest BCUT2D eigenvalue weighted by atomic mass is 16.5. The number of methoxy groups -OCH3 is 1. The fourth-order valence-corrected chi connectivity index (χ4v) is 1.61. The van der Waals surface area contributed by atoms with Gasteiger partial charge in [0.1, 0.15) is 12.3 Å². The molecule has 0 saturated heterocycles. The van der Waals surface area contributed by atoms with Crippen molar-refractivity contribution in [3.8, 4) is 17.0 Å². The molecule has 0 saturated carbocycles. The van der Waals surface area contributed by atoms with Crippen molar-refractivity contribution in [2.45, 2.75) is 6.54 Å². The Kier molecular flexibility index (Phi) is 3.61. The van der Waals surface area contributed by atoms with Crippen LogP contribution >= 0.6 is 0 Å². The summed E-state index contributed by atoms with van der Waals surface area (Å²) in [5.41, 5.74) is 0.864. The minimum atomic E-state index is -1.11. The van der Waals surface area contributed by atoms with Gasteiger partial charge in [-0.3, -0.25) is 9.59 Å². The number of benzene rings is 1. The minimum Gasteiger partial charge on any atom is -0.497 e. The average Bonchev–Trinajstić information content (AvgIpc) is 2.41. The number of carbonyl (C=O) groups is 1. The fourth-order valence-electron chi connectivity index (χ4n) is 1.61. The van der Waals surface area contributed by atoms with E-state index in [2.05, 4.69) is 5.10 Å². The van der Waals surface area contributed by atoms with Gasteiger partial charge in [-0.1, -0.05) is 0 Å². The standard InChI is InChI=1S/C13H12N2O4/c1-19-10-4-2-9(3-5-10)11-6-7-12(16)15(14-11)8-13(17)18/h2-7H,8H2,1H3,(H,17,18). The summed E-state index contributed by atoms with van der Waals surface area (Å²) in [6.07, 6.45) is 0. The first-order valence-electron chi connectivity index (χ1n) is 5.54. The Morgan fingerprint density at radius 2 is 1.95 bits per heavy atom. The summed E-state index contributed by atoms with van der Waals surface area (Å²) in [7, 11) is 1.57. The topological polar surface area (TPSA) is 81.4 Å². The van der Waals surface area contributed by atoms with Crippen LogP contribution in [0, 0.1) is 0 Å². The van der Waals surface area contributed by atoms with Gasteiger partial charge in [-0.15, -0.1) is 0 Å². The van der Waals surface area contributed by atoms with Gasteiger partial charge >= 0.3 is 5.97 Å². The molecule has 19 heavy (non-hydrogen) atoms. The van der Waals surface area contributed by atoms with Gasteiger partial charge in [0, 0.05) is 11.6 Å². The van der Waals surface area contributed by atoms with Crippen molar-refractivity contribution in [2.24, 2.45) is 0 Å². The van der Waals surface area contributed by atoms with Crippen LogP contribution in [0.4, 0.5) is 0 Å². The zero-order chi connectivity index (χ0) is 13.8. The second kappa shape index (κ2) is 5.34. The van der Waals surface area contributed by atoms with Crippen molar-refractivity contribution in [3.05, 3.63) is 46.8 Å². The maximum atomic E-state index is 11.5. The second-order valence-electron chi connectivity index (χ2n) is 3.84. The summed E-state index contributed by atoms with van der Waals surface area (Å²) in [5.74, 6) is -0.399. The highest BCUT2D eigenvalue weighted by molar-refractivity contribution is 5.66. The molecule has 0 fully saturated rings. The van der Waals surface area contributed by atoms with E-state index in [1.165, 1.54) is 6.07 Å². The lowest BCUT2D eigenvalue weighted by Gasteiger charge is -2.05. The van der Waals surface area contributed by atoms with E-state index in [-0.39, 0.29) is 0 Å². The molecule has 1 aromatic carbocycles. The highest BCUT2D eigenvalue weighted by Crippen LogP contribution is 2.19. The number of ether oxygens (including phenoxy) is 1. The van der Waals surface area contributed by atoms with Crippen molar-refractivity contribution in [3.63, 3.8) is 0 Å². The summed E-state index contributed by atoms with van der Waals surface area (Å²) < 4.78 is 5.97. The van der Waals surface area contributed by atoms with Gasteiger partial charge in [0.25, 0.3) is 5.56 Å². The first-order chi connectivity index (χ1) is 9.10. The molecular formula is C13H12N2O4. The number of rotatable bonds is 4. The van der Waals surface area contributed by atoms with E-state index in [0.29, 0.717) is 11.4 Å². The van der Waals surface area contributed by atoms with Crippen LogP contribution in [0.5, 0.6) is 5.75 Å². The molecule has 6 nitrogen and oxygen atoms in total. The molecule has 0 aliphatic heterocycles. The lowest BCUT2D eigenvalue weighted by atomic mass is 10.1. The summed E-state index contributed by atoms with van der Waals surface area (Å²) in [4.78, 5) is 22.1. The van der Waals surface area contributed by atoms with E-state index >= 15 is 0 Å².